The molecule has 1 aliphatic heterocycles. The van der Waals surface area contributed by atoms with Crippen LogP contribution in [0.5, 0.6) is 0 Å². The van der Waals surface area contributed by atoms with E-state index in [9.17, 15) is 5.11 Å². The van der Waals surface area contributed by atoms with Crippen LogP contribution in [0.15, 0.2) is 12.3 Å². The van der Waals surface area contributed by atoms with Crippen molar-refractivity contribution < 1.29 is 9.84 Å². The maximum Gasteiger partial charge on any atom is 0.0765 e. The molecule has 1 N–H and O–H groups in total. The van der Waals surface area contributed by atoms with Crippen molar-refractivity contribution in [3.63, 3.8) is 0 Å². The summed E-state index contributed by atoms with van der Waals surface area (Å²) in [5.74, 6) is 0. The van der Waals surface area contributed by atoms with Crippen molar-refractivity contribution in [3.05, 3.63) is 18.0 Å². The highest BCUT2D eigenvalue weighted by Crippen LogP contribution is 2.16. The van der Waals surface area contributed by atoms with Crippen LogP contribution in [0.2, 0.25) is 0 Å². The Bertz CT molecular complexity index is 377. The van der Waals surface area contributed by atoms with Gasteiger partial charge >= 0.3 is 0 Å². The van der Waals surface area contributed by atoms with Crippen molar-refractivity contribution in [3.8, 4) is 0 Å². The van der Waals surface area contributed by atoms with E-state index in [0.717, 1.165) is 38.2 Å². The third-order valence-electron chi connectivity index (χ3n) is 3.91. The summed E-state index contributed by atoms with van der Waals surface area (Å²) in [6.07, 6.45) is 4.28. The maximum absolute atomic E-state index is 9.36. The summed E-state index contributed by atoms with van der Waals surface area (Å²) >= 11 is 0. The average molecular weight is 267 g/mol. The molecule has 0 amide bonds. The molecule has 1 aromatic rings. The fourth-order valence-corrected chi connectivity index (χ4v) is 2.60. The lowest BCUT2D eigenvalue weighted by atomic mass is 10.2. The standard InChI is InChI=1S/C14H25N3O2/c1-3-13(4-2)17-6-5-12(15-17)9-16-7-8-19-11-14(16)10-18/h5-6,13-14,18H,3-4,7-11H2,1-2H3. The normalized spacial score (nSPS) is 21.2. The van der Waals surface area contributed by atoms with E-state index < -0.39 is 0 Å². The van der Waals surface area contributed by atoms with Crippen LogP contribution in [-0.4, -0.2) is 52.2 Å². The lowest BCUT2D eigenvalue weighted by molar-refractivity contribution is -0.0318. The number of hydrogen-bond donors (Lipinski definition) is 1. The number of nitrogens with zero attached hydrogens (tertiary/aromatic N) is 3. The molecule has 0 aliphatic carbocycles. The SMILES string of the molecule is CCC(CC)n1ccc(CN2CCOCC2CO)n1. The Balaban J connectivity index is 1.98. The Morgan fingerprint density at radius 2 is 2.26 bits per heavy atom. The molecule has 1 aliphatic rings. The van der Waals surface area contributed by atoms with Gasteiger partial charge in [-0.2, -0.15) is 5.10 Å². The minimum absolute atomic E-state index is 0.104. The highest BCUT2D eigenvalue weighted by atomic mass is 16.5. The molecule has 2 rings (SSSR count). The topological polar surface area (TPSA) is 50.5 Å². The number of hydrogen-bond acceptors (Lipinski definition) is 4. The first-order chi connectivity index (χ1) is 9.28. The van der Waals surface area contributed by atoms with E-state index in [1.807, 2.05) is 0 Å². The molecule has 5 nitrogen and oxygen atoms in total. The quantitative estimate of drug-likeness (QED) is 0.847. The van der Waals surface area contributed by atoms with Gasteiger partial charge in [-0.25, -0.2) is 0 Å². The monoisotopic (exact) mass is 267 g/mol. The molecule has 108 valence electrons. The molecular formula is C14H25N3O2. The van der Waals surface area contributed by atoms with Crippen molar-refractivity contribution in [1.82, 2.24) is 14.7 Å². The molecule has 1 atom stereocenters. The maximum atomic E-state index is 9.36. The number of aromatic nitrogens is 2. The lowest BCUT2D eigenvalue weighted by Gasteiger charge is -2.33. The molecule has 0 spiro atoms. The molecule has 19 heavy (non-hydrogen) atoms. The molecule has 5 heteroatoms. The van der Waals surface area contributed by atoms with Crippen LogP contribution < -0.4 is 0 Å². The van der Waals surface area contributed by atoms with E-state index >= 15 is 0 Å². The zero-order valence-electron chi connectivity index (χ0n) is 12.0. The average Bonchev–Trinajstić information content (AvgIpc) is 2.89. The fourth-order valence-electron chi connectivity index (χ4n) is 2.60. The third kappa shape index (κ3) is 3.55. The van der Waals surface area contributed by atoms with Crippen molar-refractivity contribution in [2.24, 2.45) is 0 Å². The Hall–Kier alpha value is -0.910. The van der Waals surface area contributed by atoms with E-state index in [0.29, 0.717) is 12.6 Å². The molecule has 0 saturated carbocycles. The van der Waals surface area contributed by atoms with Gasteiger partial charge in [0.25, 0.3) is 0 Å². The molecular weight excluding hydrogens is 242 g/mol. The van der Waals surface area contributed by atoms with Crippen LogP contribution in [-0.2, 0) is 11.3 Å². The number of rotatable bonds is 6. The lowest BCUT2D eigenvalue weighted by Crippen LogP contribution is -2.46. The van der Waals surface area contributed by atoms with Gasteiger partial charge in [-0.1, -0.05) is 13.8 Å². The summed E-state index contributed by atoms with van der Waals surface area (Å²) in [7, 11) is 0. The van der Waals surface area contributed by atoms with Gasteiger partial charge in [0.15, 0.2) is 0 Å². The molecule has 1 unspecified atom stereocenters. The number of aliphatic hydroxyl groups excluding tert-OH is 1. The van der Waals surface area contributed by atoms with Crippen LogP contribution in [0.1, 0.15) is 38.4 Å². The first-order valence-corrected chi connectivity index (χ1v) is 7.25. The highest BCUT2D eigenvalue weighted by molar-refractivity contribution is 5.00. The summed E-state index contributed by atoms with van der Waals surface area (Å²) in [5, 5.41) is 14.0. The first kappa shape index (κ1) is 14.5. The van der Waals surface area contributed by atoms with E-state index in [2.05, 4.69) is 40.8 Å². The van der Waals surface area contributed by atoms with Crippen molar-refractivity contribution in [2.45, 2.75) is 45.3 Å². The molecule has 2 heterocycles. The van der Waals surface area contributed by atoms with E-state index in [4.69, 9.17) is 4.74 Å². The summed E-state index contributed by atoms with van der Waals surface area (Å²) in [6, 6.07) is 2.68. The van der Waals surface area contributed by atoms with Gasteiger partial charge in [-0.05, 0) is 18.9 Å². The number of aliphatic hydroxyl groups is 1. The number of ether oxygens (including phenoxy) is 1. The minimum Gasteiger partial charge on any atom is -0.395 e. The Labute approximate surface area is 115 Å². The second-order valence-electron chi connectivity index (χ2n) is 5.14. The van der Waals surface area contributed by atoms with Gasteiger partial charge in [0, 0.05) is 19.3 Å². The molecule has 1 aromatic heterocycles. The summed E-state index contributed by atoms with van der Waals surface area (Å²) in [6.45, 7) is 7.55. The van der Waals surface area contributed by atoms with Crippen LogP contribution in [0.25, 0.3) is 0 Å². The van der Waals surface area contributed by atoms with E-state index in [1.54, 1.807) is 0 Å². The van der Waals surface area contributed by atoms with Crippen LogP contribution in [0.3, 0.4) is 0 Å². The van der Waals surface area contributed by atoms with E-state index in [1.165, 1.54) is 0 Å². The van der Waals surface area contributed by atoms with Crippen molar-refractivity contribution in [2.75, 3.05) is 26.4 Å². The van der Waals surface area contributed by atoms with Gasteiger partial charge in [0.2, 0.25) is 0 Å². The van der Waals surface area contributed by atoms with Crippen molar-refractivity contribution >= 4 is 0 Å². The van der Waals surface area contributed by atoms with Crippen molar-refractivity contribution in [1.29, 1.82) is 0 Å². The fraction of sp³-hybridized carbons (Fsp3) is 0.786. The molecule has 0 bridgehead atoms. The van der Waals surface area contributed by atoms with E-state index in [-0.39, 0.29) is 12.6 Å². The van der Waals surface area contributed by atoms with Crippen LogP contribution in [0.4, 0.5) is 0 Å². The predicted octanol–water partition coefficient (Wildman–Crippen LogP) is 1.44. The van der Waals surface area contributed by atoms with Gasteiger partial charge in [0.05, 0.1) is 37.6 Å². The Morgan fingerprint density at radius 1 is 1.47 bits per heavy atom. The second kappa shape index (κ2) is 7.03. The zero-order chi connectivity index (χ0) is 13.7. The highest BCUT2D eigenvalue weighted by Gasteiger charge is 2.23. The van der Waals surface area contributed by atoms with Gasteiger partial charge in [-0.15, -0.1) is 0 Å². The first-order valence-electron chi connectivity index (χ1n) is 7.25. The Kier molecular flexibility index (Phi) is 5.36. The summed E-state index contributed by atoms with van der Waals surface area (Å²) < 4.78 is 7.47. The van der Waals surface area contributed by atoms with Gasteiger partial charge in [0.1, 0.15) is 0 Å². The number of morpholine rings is 1. The van der Waals surface area contributed by atoms with Gasteiger partial charge < -0.3 is 9.84 Å². The predicted molar refractivity (Wildman–Crippen MR) is 73.9 cm³/mol. The minimum atomic E-state index is 0.104. The summed E-state index contributed by atoms with van der Waals surface area (Å²) in [4.78, 5) is 2.25. The smallest absolute Gasteiger partial charge is 0.0765 e. The molecule has 1 saturated heterocycles. The van der Waals surface area contributed by atoms with Crippen LogP contribution in [0, 0.1) is 0 Å². The Morgan fingerprint density at radius 3 is 2.95 bits per heavy atom. The second-order valence-corrected chi connectivity index (χ2v) is 5.14. The zero-order valence-corrected chi connectivity index (χ0v) is 12.0. The van der Waals surface area contributed by atoms with Crippen LogP contribution >= 0.6 is 0 Å². The van der Waals surface area contributed by atoms with Gasteiger partial charge in [-0.3, -0.25) is 9.58 Å². The molecule has 0 radical (unpaired) electrons. The molecule has 0 aromatic carbocycles. The summed E-state index contributed by atoms with van der Waals surface area (Å²) in [5.41, 5.74) is 1.08. The third-order valence-corrected chi connectivity index (χ3v) is 3.91. The largest absolute Gasteiger partial charge is 0.395 e. The molecule has 1 fully saturated rings.